The molecule has 1 heterocycles. The molecule has 0 radical (unpaired) electrons. The van der Waals surface area contributed by atoms with E-state index in [0.29, 0.717) is 41.6 Å². The second-order valence-electron chi connectivity index (χ2n) is 7.49. The summed E-state index contributed by atoms with van der Waals surface area (Å²) < 4.78 is 16.2. The number of benzene rings is 1. The largest absolute Gasteiger partial charge is 0.466 e. The summed E-state index contributed by atoms with van der Waals surface area (Å²) >= 11 is 6.49. The fourth-order valence-corrected chi connectivity index (χ4v) is 3.90. The molecule has 1 aliphatic rings. The molecular weight excluding hydrogens is 462 g/mol. The highest BCUT2D eigenvalue weighted by Crippen LogP contribution is 2.41. The van der Waals surface area contributed by atoms with E-state index < -0.39 is 17.9 Å². The van der Waals surface area contributed by atoms with Crippen molar-refractivity contribution in [2.45, 2.75) is 32.6 Å². The van der Waals surface area contributed by atoms with Crippen LogP contribution < -0.4 is 16.0 Å². The lowest BCUT2D eigenvalue weighted by Gasteiger charge is -2.31. The SMILES string of the molecule is CCOC(=O)C1=C(COCCCCNC(=O)NC)NC(C)=C(C(=O)OC)C1c1ccccc1Cl. The Balaban J connectivity index is 2.31. The number of allylic oxidation sites excluding steroid dienone is 1. The Morgan fingerprint density at radius 3 is 2.50 bits per heavy atom. The number of carbonyl (C=O) groups excluding carboxylic acids is 3. The quantitative estimate of drug-likeness (QED) is 0.320. The molecule has 0 saturated carbocycles. The Kier molecular flexibility index (Phi) is 10.9. The normalized spacial score (nSPS) is 15.5. The molecule has 0 aliphatic carbocycles. The van der Waals surface area contributed by atoms with E-state index in [-0.39, 0.29) is 30.4 Å². The van der Waals surface area contributed by atoms with Gasteiger partial charge in [0.25, 0.3) is 0 Å². The van der Waals surface area contributed by atoms with Gasteiger partial charge in [0.2, 0.25) is 0 Å². The topological polar surface area (TPSA) is 115 Å². The number of unbranched alkanes of at least 4 members (excludes halogenated alkanes) is 1. The van der Waals surface area contributed by atoms with Crippen LogP contribution in [0.3, 0.4) is 0 Å². The van der Waals surface area contributed by atoms with Crippen molar-refractivity contribution in [1.82, 2.24) is 16.0 Å². The Hall–Kier alpha value is -3.04. The van der Waals surface area contributed by atoms with Gasteiger partial charge in [0.1, 0.15) is 0 Å². The summed E-state index contributed by atoms with van der Waals surface area (Å²) in [7, 11) is 2.85. The lowest BCUT2D eigenvalue weighted by Crippen LogP contribution is -2.35. The van der Waals surface area contributed by atoms with Crippen LogP contribution in [0.25, 0.3) is 0 Å². The first kappa shape index (κ1) is 27.2. The van der Waals surface area contributed by atoms with E-state index in [4.69, 9.17) is 25.8 Å². The zero-order valence-corrected chi connectivity index (χ0v) is 20.7. The van der Waals surface area contributed by atoms with Crippen LogP contribution in [0.15, 0.2) is 46.8 Å². The minimum Gasteiger partial charge on any atom is -0.466 e. The van der Waals surface area contributed by atoms with Gasteiger partial charge in [-0.15, -0.1) is 0 Å². The molecule has 0 aromatic heterocycles. The third-order valence-electron chi connectivity index (χ3n) is 5.24. The van der Waals surface area contributed by atoms with Gasteiger partial charge in [-0.1, -0.05) is 29.8 Å². The van der Waals surface area contributed by atoms with Gasteiger partial charge in [-0.2, -0.15) is 0 Å². The van der Waals surface area contributed by atoms with Crippen LogP contribution in [-0.4, -0.2) is 58.5 Å². The number of carbonyl (C=O) groups is 3. The Morgan fingerprint density at radius 2 is 1.85 bits per heavy atom. The Bertz CT molecular complexity index is 960. The van der Waals surface area contributed by atoms with E-state index in [9.17, 15) is 14.4 Å². The fourth-order valence-electron chi connectivity index (χ4n) is 3.65. The number of nitrogens with one attached hydrogen (secondary N) is 3. The van der Waals surface area contributed by atoms with Gasteiger partial charge in [0.05, 0.1) is 43.1 Å². The first-order chi connectivity index (χ1) is 16.3. The number of amides is 2. The molecule has 2 amide bonds. The molecule has 1 aliphatic heterocycles. The lowest BCUT2D eigenvalue weighted by molar-refractivity contribution is -0.139. The minimum absolute atomic E-state index is 0.101. The summed E-state index contributed by atoms with van der Waals surface area (Å²) in [5.74, 6) is -1.92. The first-order valence-corrected chi connectivity index (χ1v) is 11.5. The third-order valence-corrected chi connectivity index (χ3v) is 5.58. The molecule has 0 spiro atoms. The van der Waals surface area contributed by atoms with E-state index in [1.54, 1.807) is 45.2 Å². The van der Waals surface area contributed by atoms with Crippen LogP contribution in [0.2, 0.25) is 5.02 Å². The van der Waals surface area contributed by atoms with Gasteiger partial charge < -0.3 is 30.2 Å². The van der Waals surface area contributed by atoms with Crippen LogP contribution in [0.1, 0.15) is 38.2 Å². The van der Waals surface area contributed by atoms with Crippen molar-refractivity contribution in [2.75, 3.05) is 40.5 Å². The molecule has 3 N–H and O–H groups in total. The number of methoxy groups -OCH3 is 1. The number of halogens is 1. The number of rotatable bonds is 11. The summed E-state index contributed by atoms with van der Waals surface area (Å²) in [6.45, 7) is 4.66. The second kappa shape index (κ2) is 13.6. The van der Waals surface area contributed by atoms with E-state index in [2.05, 4.69) is 16.0 Å². The van der Waals surface area contributed by atoms with Gasteiger partial charge in [0.15, 0.2) is 0 Å². The van der Waals surface area contributed by atoms with Crippen molar-refractivity contribution >= 4 is 29.6 Å². The van der Waals surface area contributed by atoms with Crippen molar-refractivity contribution in [3.8, 4) is 0 Å². The van der Waals surface area contributed by atoms with Crippen molar-refractivity contribution in [3.63, 3.8) is 0 Å². The highest BCUT2D eigenvalue weighted by atomic mass is 35.5. The van der Waals surface area contributed by atoms with Crippen LogP contribution in [0, 0.1) is 0 Å². The lowest BCUT2D eigenvalue weighted by atomic mass is 9.80. The number of hydrogen-bond acceptors (Lipinski definition) is 7. The molecule has 10 heteroatoms. The maximum Gasteiger partial charge on any atom is 0.336 e. The highest BCUT2D eigenvalue weighted by molar-refractivity contribution is 6.31. The Morgan fingerprint density at radius 1 is 1.12 bits per heavy atom. The molecular formula is C24H32ClN3O6. The number of esters is 2. The molecule has 1 aromatic carbocycles. The summed E-state index contributed by atoms with van der Waals surface area (Å²) in [5.41, 5.74) is 2.16. The van der Waals surface area contributed by atoms with Gasteiger partial charge >= 0.3 is 18.0 Å². The van der Waals surface area contributed by atoms with Crippen LogP contribution in [-0.2, 0) is 23.8 Å². The molecule has 1 unspecified atom stereocenters. The van der Waals surface area contributed by atoms with E-state index >= 15 is 0 Å². The summed E-state index contributed by atoms with van der Waals surface area (Å²) in [4.78, 5) is 37.0. The molecule has 0 bridgehead atoms. The number of dihydropyridines is 1. The maximum absolute atomic E-state index is 13.1. The Labute approximate surface area is 204 Å². The van der Waals surface area contributed by atoms with Crippen molar-refractivity contribution in [2.24, 2.45) is 0 Å². The zero-order chi connectivity index (χ0) is 25.1. The first-order valence-electron chi connectivity index (χ1n) is 11.1. The predicted octanol–water partition coefficient (Wildman–Crippen LogP) is 3.02. The number of urea groups is 1. The molecule has 1 aromatic rings. The summed E-state index contributed by atoms with van der Waals surface area (Å²) in [6, 6.07) is 6.81. The monoisotopic (exact) mass is 493 g/mol. The second-order valence-corrected chi connectivity index (χ2v) is 7.90. The highest BCUT2D eigenvalue weighted by Gasteiger charge is 2.39. The smallest absolute Gasteiger partial charge is 0.336 e. The summed E-state index contributed by atoms with van der Waals surface area (Å²) in [5, 5.41) is 8.76. The molecule has 2 rings (SSSR count). The molecule has 34 heavy (non-hydrogen) atoms. The number of ether oxygens (including phenoxy) is 3. The average molecular weight is 494 g/mol. The van der Waals surface area contributed by atoms with Crippen molar-refractivity contribution in [1.29, 1.82) is 0 Å². The van der Waals surface area contributed by atoms with Gasteiger partial charge in [0, 0.05) is 30.9 Å². The average Bonchev–Trinajstić information content (AvgIpc) is 2.82. The van der Waals surface area contributed by atoms with E-state index in [0.717, 1.165) is 6.42 Å². The predicted molar refractivity (Wildman–Crippen MR) is 128 cm³/mol. The molecule has 186 valence electrons. The molecule has 0 saturated heterocycles. The van der Waals surface area contributed by atoms with Gasteiger partial charge in [-0.3, -0.25) is 0 Å². The molecule has 1 atom stereocenters. The van der Waals surface area contributed by atoms with E-state index in [1.165, 1.54) is 7.11 Å². The van der Waals surface area contributed by atoms with Crippen LogP contribution >= 0.6 is 11.6 Å². The maximum atomic E-state index is 13.1. The number of hydrogen-bond donors (Lipinski definition) is 3. The van der Waals surface area contributed by atoms with Crippen molar-refractivity contribution < 1.29 is 28.6 Å². The van der Waals surface area contributed by atoms with Gasteiger partial charge in [-0.25, -0.2) is 14.4 Å². The minimum atomic E-state index is -0.781. The standard InChI is InChI=1S/C24H32ClN3O6/c1-5-34-23(30)21-18(14-33-13-9-8-12-27-24(31)26-3)28-15(2)19(22(29)32-4)20(21)16-10-6-7-11-17(16)25/h6-7,10-11,20,28H,5,8-9,12-14H2,1-4H3,(H2,26,27,31). The zero-order valence-electron chi connectivity index (χ0n) is 20.0. The van der Waals surface area contributed by atoms with Crippen LogP contribution in [0.4, 0.5) is 4.79 Å². The third kappa shape index (κ3) is 6.98. The van der Waals surface area contributed by atoms with Crippen LogP contribution in [0.5, 0.6) is 0 Å². The van der Waals surface area contributed by atoms with E-state index in [1.807, 2.05) is 0 Å². The van der Waals surface area contributed by atoms with Crippen molar-refractivity contribution in [3.05, 3.63) is 57.4 Å². The summed E-state index contributed by atoms with van der Waals surface area (Å²) in [6.07, 6.45) is 1.44. The molecule has 0 fully saturated rings. The molecule has 9 nitrogen and oxygen atoms in total. The van der Waals surface area contributed by atoms with Gasteiger partial charge in [-0.05, 0) is 38.3 Å². The fraction of sp³-hybridized carbons (Fsp3) is 0.458.